The zero-order valence-electron chi connectivity index (χ0n) is 21.0. The third-order valence-electron chi connectivity index (χ3n) is 7.33. The minimum absolute atomic E-state index is 0.365. The molecule has 4 aromatic rings. The first-order valence-corrected chi connectivity index (χ1v) is 12.4. The van der Waals surface area contributed by atoms with E-state index in [9.17, 15) is 9.59 Å². The molecule has 1 aromatic heterocycles. The lowest BCUT2D eigenvalue weighted by atomic mass is 9.57. The normalized spacial score (nSPS) is 18.6. The predicted molar refractivity (Wildman–Crippen MR) is 141 cm³/mol. The van der Waals surface area contributed by atoms with E-state index >= 15 is 0 Å². The molecule has 6 heteroatoms. The van der Waals surface area contributed by atoms with Gasteiger partial charge in [-0.3, -0.25) is 9.59 Å². The molecule has 1 aliphatic carbocycles. The number of esters is 2. The van der Waals surface area contributed by atoms with Crippen LogP contribution in [0.2, 0.25) is 0 Å². The number of methoxy groups -OCH3 is 2. The van der Waals surface area contributed by atoms with Gasteiger partial charge in [-0.25, -0.2) is 4.98 Å². The second-order valence-corrected chi connectivity index (χ2v) is 9.42. The summed E-state index contributed by atoms with van der Waals surface area (Å²) in [5.74, 6) is -0.500. The van der Waals surface area contributed by atoms with Crippen molar-refractivity contribution in [2.45, 2.75) is 25.9 Å². The highest BCUT2D eigenvalue weighted by Crippen LogP contribution is 2.50. The maximum atomic E-state index is 12.7. The van der Waals surface area contributed by atoms with Gasteiger partial charge in [-0.05, 0) is 49.1 Å². The van der Waals surface area contributed by atoms with Crippen LogP contribution in [0.3, 0.4) is 0 Å². The molecule has 5 rings (SSSR count). The Labute approximate surface area is 216 Å². The minimum atomic E-state index is -0.881. The number of hydrogen-bond donors (Lipinski definition) is 0. The van der Waals surface area contributed by atoms with Crippen LogP contribution in [0.5, 0.6) is 5.75 Å². The largest absolute Gasteiger partial charge is 0.489 e. The van der Waals surface area contributed by atoms with Crippen molar-refractivity contribution in [1.29, 1.82) is 0 Å². The van der Waals surface area contributed by atoms with Crippen LogP contribution >= 0.6 is 0 Å². The summed E-state index contributed by atoms with van der Waals surface area (Å²) in [6.45, 7) is 0.388. The van der Waals surface area contributed by atoms with Crippen molar-refractivity contribution in [3.8, 4) is 17.0 Å². The molecule has 0 spiro atoms. The minimum Gasteiger partial charge on any atom is -0.489 e. The van der Waals surface area contributed by atoms with Gasteiger partial charge in [-0.2, -0.15) is 0 Å². The highest BCUT2D eigenvalue weighted by molar-refractivity contribution is 5.88. The first-order valence-electron chi connectivity index (χ1n) is 12.4. The molecule has 0 amide bonds. The van der Waals surface area contributed by atoms with Gasteiger partial charge in [-0.15, -0.1) is 0 Å². The molecule has 0 radical (unpaired) electrons. The van der Waals surface area contributed by atoms with Crippen LogP contribution in [0, 0.1) is 11.3 Å². The van der Waals surface area contributed by atoms with Crippen LogP contribution in [0.4, 0.5) is 0 Å². The molecule has 3 aromatic carbocycles. The number of rotatable bonds is 8. The van der Waals surface area contributed by atoms with Gasteiger partial charge in [0, 0.05) is 16.5 Å². The average molecular weight is 496 g/mol. The smallest absolute Gasteiger partial charge is 0.313 e. The Morgan fingerprint density at radius 3 is 2.32 bits per heavy atom. The molecular weight excluding hydrogens is 466 g/mol. The summed E-state index contributed by atoms with van der Waals surface area (Å²) in [5, 5.41) is 1.05. The molecule has 1 fully saturated rings. The molecular formula is C31H29NO5. The summed E-state index contributed by atoms with van der Waals surface area (Å²) in [7, 11) is 2.71. The molecule has 37 heavy (non-hydrogen) atoms. The van der Waals surface area contributed by atoms with E-state index in [0.717, 1.165) is 39.0 Å². The molecule has 0 bridgehead atoms. The Bertz CT molecular complexity index is 1420. The van der Waals surface area contributed by atoms with E-state index in [1.807, 2.05) is 60.7 Å². The van der Waals surface area contributed by atoms with Gasteiger partial charge in [0.05, 0.1) is 36.8 Å². The first kappa shape index (κ1) is 24.5. The number of pyridine rings is 1. The Hall–Kier alpha value is -4.19. The van der Waals surface area contributed by atoms with E-state index in [-0.39, 0.29) is 11.9 Å². The maximum absolute atomic E-state index is 12.7. The van der Waals surface area contributed by atoms with Crippen LogP contribution < -0.4 is 4.74 Å². The molecule has 1 saturated carbocycles. The third-order valence-corrected chi connectivity index (χ3v) is 7.33. The Kier molecular flexibility index (Phi) is 6.91. The summed E-state index contributed by atoms with van der Waals surface area (Å²) in [6.07, 6.45) is 1.62. The van der Waals surface area contributed by atoms with Gasteiger partial charge >= 0.3 is 11.9 Å². The van der Waals surface area contributed by atoms with E-state index in [1.165, 1.54) is 14.2 Å². The topological polar surface area (TPSA) is 74.7 Å². The average Bonchev–Trinajstić information content (AvgIpc) is 2.94. The number of aromatic nitrogens is 1. The standard InChI is InChI=1S/C31H29NO5/c1-35-29(33)26-16-17-31(26,30(34)36-2)19-21-12-14-24(15-13-21)37-20-23-18-28(22-8-4-3-5-9-22)32-27-11-7-6-10-25(23)27/h3-15,18,26H,16-17,19-20H2,1-2H3. The maximum Gasteiger partial charge on any atom is 0.313 e. The first-order chi connectivity index (χ1) is 18.0. The van der Waals surface area contributed by atoms with Crippen molar-refractivity contribution in [2.24, 2.45) is 11.3 Å². The van der Waals surface area contributed by atoms with Gasteiger partial charge in [0.2, 0.25) is 0 Å². The number of para-hydroxylation sites is 1. The molecule has 0 aliphatic heterocycles. The summed E-state index contributed by atoms with van der Waals surface area (Å²) in [6, 6.07) is 27.9. The number of ether oxygens (including phenoxy) is 3. The highest BCUT2D eigenvalue weighted by atomic mass is 16.5. The molecule has 6 nitrogen and oxygen atoms in total. The van der Waals surface area contributed by atoms with E-state index in [4.69, 9.17) is 19.2 Å². The number of benzene rings is 3. The lowest BCUT2D eigenvalue weighted by Crippen LogP contribution is -2.52. The van der Waals surface area contributed by atoms with Crippen LogP contribution in [-0.4, -0.2) is 31.1 Å². The molecule has 0 saturated heterocycles. The van der Waals surface area contributed by atoms with Crippen molar-refractivity contribution in [2.75, 3.05) is 14.2 Å². The third kappa shape index (κ3) is 4.79. The summed E-state index contributed by atoms with van der Waals surface area (Å²) in [5.41, 5.74) is 3.99. The summed E-state index contributed by atoms with van der Waals surface area (Å²) in [4.78, 5) is 29.7. The zero-order chi connectivity index (χ0) is 25.8. The Morgan fingerprint density at radius 2 is 1.65 bits per heavy atom. The molecule has 0 N–H and O–H groups in total. The fourth-order valence-electron chi connectivity index (χ4n) is 5.21. The number of hydrogen-bond acceptors (Lipinski definition) is 6. The summed E-state index contributed by atoms with van der Waals surface area (Å²) >= 11 is 0. The molecule has 188 valence electrons. The lowest BCUT2D eigenvalue weighted by molar-refractivity contribution is -0.177. The van der Waals surface area contributed by atoms with Crippen molar-refractivity contribution < 1.29 is 23.8 Å². The van der Waals surface area contributed by atoms with Gasteiger partial charge in [0.25, 0.3) is 0 Å². The molecule has 1 aliphatic rings. The van der Waals surface area contributed by atoms with Crippen LogP contribution in [-0.2, 0) is 32.1 Å². The van der Waals surface area contributed by atoms with Crippen molar-refractivity contribution in [1.82, 2.24) is 4.98 Å². The van der Waals surface area contributed by atoms with Gasteiger partial charge in [0.1, 0.15) is 12.4 Å². The van der Waals surface area contributed by atoms with Crippen molar-refractivity contribution in [3.05, 3.63) is 96.1 Å². The van der Waals surface area contributed by atoms with Crippen LogP contribution in [0.25, 0.3) is 22.2 Å². The molecule has 2 unspecified atom stereocenters. The Balaban J connectivity index is 1.34. The zero-order valence-corrected chi connectivity index (χ0v) is 21.0. The monoisotopic (exact) mass is 495 g/mol. The van der Waals surface area contributed by atoms with Crippen LogP contribution in [0.15, 0.2) is 84.9 Å². The lowest BCUT2D eigenvalue weighted by Gasteiger charge is -2.45. The number of carbonyl (C=O) groups is 2. The number of fused-ring (bicyclic) bond motifs is 1. The van der Waals surface area contributed by atoms with E-state index < -0.39 is 11.3 Å². The summed E-state index contributed by atoms with van der Waals surface area (Å²) < 4.78 is 16.2. The van der Waals surface area contributed by atoms with E-state index in [2.05, 4.69) is 24.3 Å². The number of nitrogens with zero attached hydrogens (tertiary/aromatic N) is 1. The SMILES string of the molecule is COC(=O)C1CCC1(Cc1ccc(OCc2cc(-c3ccccc3)nc3ccccc23)cc1)C(=O)OC. The van der Waals surface area contributed by atoms with Gasteiger partial charge in [-0.1, -0.05) is 60.7 Å². The molecule has 2 atom stereocenters. The van der Waals surface area contributed by atoms with Gasteiger partial charge < -0.3 is 14.2 Å². The second kappa shape index (κ2) is 10.4. The number of carbonyl (C=O) groups excluding carboxylic acids is 2. The van der Waals surface area contributed by atoms with E-state index in [1.54, 1.807) is 0 Å². The van der Waals surface area contributed by atoms with Crippen molar-refractivity contribution in [3.63, 3.8) is 0 Å². The van der Waals surface area contributed by atoms with Gasteiger partial charge in [0.15, 0.2) is 0 Å². The predicted octanol–water partition coefficient (Wildman–Crippen LogP) is 5.77. The Morgan fingerprint density at radius 1 is 0.919 bits per heavy atom. The van der Waals surface area contributed by atoms with E-state index in [0.29, 0.717) is 25.9 Å². The second-order valence-electron chi connectivity index (χ2n) is 9.42. The quantitative estimate of drug-likeness (QED) is 0.289. The fourth-order valence-corrected chi connectivity index (χ4v) is 5.21. The molecule has 1 heterocycles. The van der Waals surface area contributed by atoms with Crippen LogP contribution in [0.1, 0.15) is 24.0 Å². The van der Waals surface area contributed by atoms with Crippen molar-refractivity contribution >= 4 is 22.8 Å². The fraction of sp³-hybridized carbons (Fsp3) is 0.258. The highest BCUT2D eigenvalue weighted by Gasteiger charge is 2.57.